The summed E-state index contributed by atoms with van der Waals surface area (Å²) in [5, 5.41) is 22.9. The van der Waals surface area contributed by atoms with Gasteiger partial charge in [0.25, 0.3) is 0 Å². The summed E-state index contributed by atoms with van der Waals surface area (Å²) in [5.74, 6) is 1.06. The van der Waals surface area contributed by atoms with E-state index < -0.39 is 5.60 Å². The Hall–Kier alpha value is -2.90. The molecule has 3 atom stereocenters. The first-order valence-electron chi connectivity index (χ1n) is 12.2. The van der Waals surface area contributed by atoms with E-state index in [9.17, 15) is 5.11 Å². The van der Waals surface area contributed by atoms with Crippen LogP contribution in [-0.2, 0) is 11.1 Å². The fourth-order valence-corrected chi connectivity index (χ4v) is 7.49. The third-order valence-corrected chi connectivity index (χ3v) is 9.39. The predicted molar refractivity (Wildman–Crippen MR) is 129 cm³/mol. The average molecular weight is 473 g/mol. The molecule has 34 heavy (non-hydrogen) atoms. The molecule has 0 spiro atoms. The molecular weight excluding hydrogens is 448 g/mol. The number of aliphatic hydroxyl groups is 1. The maximum atomic E-state index is 11.8. The van der Waals surface area contributed by atoms with Gasteiger partial charge in [0, 0.05) is 35.8 Å². The summed E-state index contributed by atoms with van der Waals surface area (Å²) in [6.07, 6.45) is 15.2. The van der Waals surface area contributed by atoms with Gasteiger partial charge in [0.2, 0.25) is 0 Å². The van der Waals surface area contributed by atoms with E-state index in [1.165, 1.54) is 19.3 Å². The first-order valence-corrected chi connectivity index (χ1v) is 12.6. The summed E-state index contributed by atoms with van der Waals surface area (Å²) in [7, 11) is 0. The van der Waals surface area contributed by atoms with E-state index in [0.717, 1.165) is 53.1 Å². The lowest BCUT2D eigenvalue weighted by Gasteiger charge is -2.61. The maximum Gasteiger partial charge on any atom is 0.116 e. The van der Waals surface area contributed by atoms with Crippen molar-refractivity contribution in [1.82, 2.24) is 24.5 Å². The molecule has 1 unspecified atom stereocenters. The van der Waals surface area contributed by atoms with Gasteiger partial charge in [0.1, 0.15) is 11.3 Å². The van der Waals surface area contributed by atoms with Crippen molar-refractivity contribution in [2.75, 3.05) is 11.4 Å². The van der Waals surface area contributed by atoms with Crippen LogP contribution < -0.4 is 4.90 Å². The molecule has 4 aromatic rings. The van der Waals surface area contributed by atoms with Crippen LogP contribution in [-0.4, -0.2) is 42.2 Å². The summed E-state index contributed by atoms with van der Waals surface area (Å²) >= 11 is 6.82. The Morgan fingerprint density at radius 2 is 1.94 bits per heavy atom. The van der Waals surface area contributed by atoms with Crippen LogP contribution in [0, 0.1) is 11.8 Å². The number of nitrogens with zero attached hydrogens (tertiary/aromatic N) is 6. The number of fused-ring (bicyclic) bond motifs is 3. The molecule has 7 nitrogen and oxygen atoms in total. The second-order valence-corrected chi connectivity index (χ2v) is 11.2. The van der Waals surface area contributed by atoms with Gasteiger partial charge >= 0.3 is 0 Å². The summed E-state index contributed by atoms with van der Waals surface area (Å²) in [6, 6.07) is 8.00. The molecular formula is C26H25ClN6O. The number of halogens is 1. The van der Waals surface area contributed by atoms with Crippen molar-refractivity contribution in [3.05, 3.63) is 65.8 Å². The van der Waals surface area contributed by atoms with Crippen LogP contribution in [0.2, 0.25) is 5.02 Å². The average Bonchev–Trinajstić information content (AvgIpc) is 3.55. The van der Waals surface area contributed by atoms with Gasteiger partial charge < -0.3 is 10.0 Å². The van der Waals surface area contributed by atoms with Crippen molar-refractivity contribution < 1.29 is 5.11 Å². The fraction of sp³-hybridized carbons (Fsp3) is 0.423. The van der Waals surface area contributed by atoms with Crippen LogP contribution >= 0.6 is 11.6 Å². The Balaban J connectivity index is 1.19. The zero-order chi connectivity index (χ0) is 22.7. The quantitative estimate of drug-likeness (QED) is 0.480. The first kappa shape index (κ1) is 19.4. The molecule has 0 amide bonds. The summed E-state index contributed by atoms with van der Waals surface area (Å²) in [4.78, 5) is 6.57. The van der Waals surface area contributed by atoms with Crippen LogP contribution in [0.3, 0.4) is 0 Å². The zero-order valence-electron chi connectivity index (χ0n) is 18.7. The minimum atomic E-state index is -0.906. The number of pyridine rings is 1. The number of aromatic nitrogens is 5. The van der Waals surface area contributed by atoms with Crippen LogP contribution in [0.4, 0.5) is 5.69 Å². The maximum absolute atomic E-state index is 11.8. The molecule has 5 aliphatic rings. The smallest absolute Gasteiger partial charge is 0.116 e. The van der Waals surface area contributed by atoms with Crippen LogP contribution in [0.1, 0.15) is 37.7 Å². The van der Waals surface area contributed by atoms with Gasteiger partial charge in [-0.25, -0.2) is 4.68 Å². The highest BCUT2D eigenvalue weighted by atomic mass is 35.5. The lowest BCUT2D eigenvalue weighted by molar-refractivity contribution is -0.0977. The molecule has 172 valence electrons. The van der Waals surface area contributed by atoms with Gasteiger partial charge in [-0.1, -0.05) is 17.7 Å². The summed E-state index contributed by atoms with van der Waals surface area (Å²) in [6.45, 7) is 0.775. The molecule has 1 aromatic carbocycles. The minimum Gasteiger partial charge on any atom is -0.383 e. The van der Waals surface area contributed by atoms with Crippen LogP contribution in [0.25, 0.3) is 16.6 Å². The zero-order valence-corrected chi connectivity index (χ0v) is 19.4. The molecule has 4 bridgehead atoms. The number of hydrogen-bond donors (Lipinski definition) is 1. The first-order chi connectivity index (χ1) is 16.5. The van der Waals surface area contributed by atoms with Crippen molar-refractivity contribution in [3.8, 4) is 5.69 Å². The lowest BCUT2D eigenvalue weighted by atomic mass is 9.50. The summed E-state index contributed by atoms with van der Waals surface area (Å²) < 4.78 is 4.12. The van der Waals surface area contributed by atoms with Gasteiger partial charge in [-0.15, -0.1) is 0 Å². The Bertz CT molecular complexity index is 1430. The van der Waals surface area contributed by atoms with E-state index in [4.69, 9.17) is 16.7 Å². The molecule has 1 N–H and O–H groups in total. The second kappa shape index (κ2) is 6.40. The minimum absolute atomic E-state index is 0.0277. The molecule has 8 heteroatoms. The Morgan fingerprint density at radius 3 is 2.71 bits per heavy atom. The van der Waals surface area contributed by atoms with E-state index in [2.05, 4.69) is 31.9 Å². The highest BCUT2D eigenvalue weighted by molar-refractivity contribution is 6.34. The molecule has 3 aromatic heterocycles. The van der Waals surface area contributed by atoms with E-state index in [0.29, 0.717) is 5.02 Å². The predicted octanol–water partition coefficient (Wildman–Crippen LogP) is 4.27. The number of piperidine rings is 1. The van der Waals surface area contributed by atoms with Crippen molar-refractivity contribution in [3.63, 3.8) is 0 Å². The van der Waals surface area contributed by atoms with Gasteiger partial charge in [0.15, 0.2) is 0 Å². The standard InChI is InChI=1S/C26H25ClN6O/c27-21-6-17-11-30-33(20-13-29-32(15-20)25-8-16(9-25)10-25)22(17)7-23(21)31-14-19-3-4-24(31)26(19,34)18-2-1-5-28-12-18/h1-2,5-7,11-13,15-16,19,24,34H,3-4,8-10,14H2/t16?,19-,24-,25?,26?/m1/s1. The molecule has 9 rings (SSSR count). The van der Waals surface area contributed by atoms with Gasteiger partial charge in [-0.2, -0.15) is 10.2 Å². The fourth-order valence-electron chi connectivity index (χ4n) is 7.21. The van der Waals surface area contributed by atoms with Crippen molar-refractivity contribution in [2.24, 2.45) is 11.8 Å². The molecule has 4 saturated carbocycles. The normalized spacial score (nSPS) is 33.4. The van der Waals surface area contributed by atoms with Gasteiger partial charge in [-0.05, 0) is 56.2 Å². The SMILES string of the molecule is OC1(c2cccnc2)[C@@H]2CC[C@H]1N(c1cc3c(cnn3-c3cnn(C45CC(C4)C5)c3)cc1Cl)C2. The van der Waals surface area contributed by atoms with E-state index >= 15 is 0 Å². The Morgan fingerprint density at radius 1 is 1.06 bits per heavy atom. The molecule has 4 heterocycles. The van der Waals surface area contributed by atoms with E-state index in [1.54, 1.807) is 12.4 Å². The molecule has 1 aliphatic heterocycles. The molecule has 5 fully saturated rings. The van der Waals surface area contributed by atoms with Crippen LogP contribution in [0.15, 0.2) is 55.2 Å². The molecule has 1 saturated heterocycles. The van der Waals surface area contributed by atoms with Crippen LogP contribution in [0.5, 0.6) is 0 Å². The highest BCUT2D eigenvalue weighted by Gasteiger charge is 2.59. The van der Waals surface area contributed by atoms with Crippen molar-refractivity contribution >= 4 is 28.2 Å². The monoisotopic (exact) mass is 472 g/mol. The third-order valence-electron chi connectivity index (χ3n) is 9.09. The number of benzene rings is 1. The number of rotatable bonds is 4. The van der Waals surface area contributed by atoms with E-state index in [1.807, 2.05) is 35.3 Å². The second-order valence-electron chi connectivity index (χ2n) is 10.8. The van der Waals surface area contributed by atoms with Crippen molar-refractivity contribution in [1.29, 1.82) is 0 Å². The van der Waals surface area contributed by atoms with E-state index in [-0.39, 0.29) is 17.5 Å². The Labute approximate surface area is 202 Å². The van der Waals surface area contributed by atoms with Crippen molar-refractivity contribution in [2.45, 2.75) is 49.3 Å². The largest absolute Gasteiger partial charge is 0.383 e. The topological polar surface area (TPSA) is 72.0 Å². The summed E-state index contributed by atoms with van der Waals surface area (Å²) in [5.41, 5.74) is 3.18. The third kappa shape index (κ3) is 2.34. The molecule has 0 radical (unpaired) electrons. The van der Waals surface area contributed by atoms with Gasteiger partial charge in [-0.3, -0.25) is 9.67 Å². The molecule has 4 aliphatic carbocycles. The highest BCUT2D eigenvalue weighted by Crippen LogP contribution is 2.62. The number of anilines is 1. The Kier molecular flexibility index (Phi) is 3.65. The number of hydrogen-bond acceptors (Lipinski definition) is 5. The lowest BCUT2D eigenvalue weighted by Crippen LogP contribution is -2.59. The van der Waals surface area contributed by atoms with Gasteiger partial charge in [0.05, 0.1) is 46.4 Å².